The van der Waals surface area contributed by atoms with Gasteiger partial charge in [0.25, 0.3) is 0 Å². The van der Waals surface area contributed by atoms with Crippen LogP contribution in [0.4, 0.5) is 0 Å². The van der Waals surface area contributed by atoms with Gasteiger partial charge in [-0.1, -0.05) is 23.7 Å². The van der Waals surface area contributed by atoms with Crippen molar-refractivity contribution in [2.24, 2.45) is 0 Å². The number of hydrogen-bond acceptors (Lipinski definition) is 4. The van der Waals surface area contributed by atoms with E-state index in [4.69, 9.17) is 11.6 Å². The van der Waals surface area contributed by atoms with Gasteiger partial charge in [-0.25, -0.2) is 4.68 Å². The molecule has 0 saturated carbocycles. The van der Waals surface area contributed by atoms with Crippen LogP contribution in [0.2, 0.25) is 5.02 Å². The lowest BCUT2D eigenvalue weighted by Crippen LogP contribution is -2.09. The number of hydrogen-bond donors (Lipinski definition) is 1. The number of rotatable bonds is 4. The third kappa shape index (κ3) is 2.87. The van der Waals surface area contributed by atoms with Crippen LogP contribution in [0, 0.1) is 6.92 Å². The molecule has 5 nitrogen and oxygen atoms in total. The summed E-state index contributed by atoms with van der Waals surface area (Å²) < 4.78 is 1.75. The molecule has 1 N–H and O–H groups in total. The van der Waals surface area contributed by atoms with Crippen LogP contribution in [0.25, 0.3) is 16.3 Å². The van der Waals surface area contributed by atoms with Crippen LogP contribution in [-0.4, -0.2) is 25.8 Å². The van der Waals surface area contributed by atoms with Crippen LogP contribution < -0.4 is 0 Å². The summed E-state index contributed by atoms with van der Waals surface area (Å²) in [6, 6.07) is 7.31. The Hall–Kier alpha value is -2.18. The maximum atomic E-state index is 11.5. The van der Waals surface area contributed by atoms with Crippen molar-refractivity contribution < 1.29 is 9.90 Å². The summed E-state index contributed by atoms with van der Waals surface area (Å²) in [5.74, 6) is -1.55. The van der Waals surface area contributed by atoms with Gasteiger partial charge in [-0.05, 0) is 26.0 Å². The fraction of sp³-hybridized carbons (Fsp3) is 0.188. The van der Waals surface area contributed by atoms with Crippen molar-refractivity contribution >= 4 is 28.9 Å². The van der Waals surface area contributed by atoms with Crippen molar-refractivity contribution in [1.82, 2.24) is 14.8 Å². The monoisotopic (exact) mass is 347 g/mol. The molecule has 118 valence electrons. The number of carboxylic acid groups (broad SMARTS) is 1. The standard InChI is InChI=1S/C16H14ClN3O2S/c1-9(16(21)22)14-10(2)19-20(13-7-18-8-23-13)15(14)11-3-5-12(17)6-4-11/h3-9H,1-2H3,(H,21,22). The Morgan fingerprint density at radius 3 is 2.61 bits per heavy atom. The molecule has 0 aliphatic carbocycles. The maximum Gasteiger partial charge on any atom is 0.310 e. The molecule has 2 heterocycles. The molecule has 3 rings (SSSR count). The van der Waals surface area contributed by atoms with Crippen LogP contribution >= 0.6 is 22.9 Å². The van der Waals surface area contributed by atoms with E-state index in [2.05, 4.69) is 10.1 Å². The zero-order chi connectivity index (χ0) is 16.6. The third-order valence-electron chi connectivity index (χ3n) is 3.66. The first kappa shape index (κ1) is 15.7. The lowest BCUT2D eigenvalue weighted by Gasteiger charge is -2.11. The number of aryl methyl sites for hydroxylation is 1. The van der Waals surface area contributed by atoms with Gasteiger partial charge in [0.1, 0.15) is 5.00 Å². The lowest BCUT2D eigenvalue weighted by molar-refractivity contribution is -0.138. The van der Waals surface area contributed by atoms with Crippen LogP contribution in [-0.2, 0) is 4.79 Å². The number of aliphatic carboxylic acids is 1. The highest BCUT2D eigenvalue weighted by molar-refractivity contribution is 7.12. The van der Waals surface area contributed by atoms with Gasteiger partial charge in [-0.15, -0.1) is 11.3 Å². The summed E-state index contributed by atoms with van der Waals surface area (Å²) in [5.41, 5.74) is 4.74. The number of carboxylic acids is 1. The summed E-state index contributed by atoms with van der Waals surface area (Å²) >= 11 is 7.42. The van der Waals surface area contributed by atoms with E-state index in [9.17, 15) is 9.90 Å². The molecule has 1 unspecified atom stereocenters. The smallest absolute Gasteiger partial charge is 0.310 e. The molecule has 0 aliphatic rings. The average Bonchev–Trinajstić information content (AvgIpc) is 3.14. The van der Waals surface area contributed by atoms with Gasteiger partial charge in [0.2, 0.25) is 0 Å². The normalized spacial score (nSPS) is 12.3. The second-order valence-electron chi connectivity index (χ2n) is 5.17. The van der Waals surface area contributed by atoms with E-state index in [1.165, 1.54) is 11.3 Å². The quantitative estimate of drug-likeness (QED) is 0.770. The molecule has 1 atom stereocenters. The number of halogens is 1. The summed E-state index contributed by atoms with van der Waals surface area (Å²) in [4.78, 5) is 15.6. The predicted molar refractivity (Wildman–Crippen MR) is 90.5 cm³/mol. The molecular formula is C16H14ClN3O2S. The van der Waals surface area contributed by atoms with Gasteiger partial charge >= 0.3 is 5.97 Å². The number of benzene rings is 1. The minimum Gasteiger partial charge on any atom is -0.481 e. The van der Waals surface area contributed by atoms with Gasteiger partial charge in [0.05, 0.1) is 29.0 Å². The first-order chi connectivity index (χ1) is 11.0. The lowest BCUT2D eigenvalue weighted by atomic mass is 9.95. The van der Waals surface area contributed by atoms with Crippen molar-refractivity contribution in [2.45, 2.75) is 19.8 Å². The zero-order valence-electron chi connectivity index (χ0n) is 12.5. The van der Waals surface area contributed by atoms with Crippen LogP contribution in [0.5, 0.6) is 0 Å². The molecule has 1 aromatic carbocycles. The molecule has 0 fully saturated rings. The van der Waals surface area contributed by atoms with E-state index in [1.54, 1.807) is 35.4 Å². The maximum absolute atomic E-state index is 11.5. The minimum absolute atomic E-state index is 0.627. The van der Waals surface area contributed by atoms with Gasteiger partial charge < -0.3 is 5.11 Å². The number of nitrogens with zero attached hydrogens (tertiary/aromatic N) is 3. The van der Waals surface area contributed by atoms with E-state index >= 15 is 0 Å². The topological polar surface area (TPSA) is 68.0 Å². The molecule has 0 bridgehead atoms. The highest BCUT2D eigenvalue weighted by atomic mass is 35.5. The molecule has 0 radical (unpaired) electrons. The first-order valence-electron chi connectivity index (χ1n) is 6.96. The third-order valence-corrected chi connectivity index (χ3v) is 4.65. The zero-order valence-corrected chi connectivity index (χ0v) is 14.1. The van der Waals surface area contributed by atoms with Crippen LogP contribution in [0.1, 0.15) is 24.1 Å². The summed E-state index contributed by atoms with van der Waals surface area (Å²) in [6.07, 6.45) is 1.71. The Kier molecular flexibility index (Phi) is 4.19. The largest absolute Gasteiger partial charge is 0.481 e. The highest BCUT2D eigenvalue weighted by Crippen LogP contribution is 2.35. The van der Waals surface area contributed by atoms with Crippen molar-refractivity contribution in [1.29, 1.82) is 0 Å². The first-order valence-corrected chi connectivity index (χ1v) is 8.22. The van der Waals surface area contributed by atoms with Crippen molar-refractivity contribution in [3.63, 3.8) is 0 Å². The fourth-order valence-electron chi connectivity index (χ4n) is 2.54. The number of carbonyl (C=O) groups is 1. The van der Waals surface area contributed by atoms with Gasteiger partial charge in [0.15, 0.2) is 0 Å². The molecule has 23 heavy (non-hydrogen) atoms. The second-order valence-corrected chi connectivity index (χ2v) is 6.47. The van der Waals surface area contributed by atoms with Crippen LogP contribution in [0.3, 0.4) is 0 Å². The molecule has 7 heteroatoms. The predicted octanol–water partition coefficient (Wildman–Crippen LogP) is 4.15. The van der Waals surface area contributed by atoms with Gasteiger partial charge in [-0.2, -0.15) is 5.10 Å². The fourth-order valence-corrected chi connectivity index (χ4v) is 3.25. The second kappa shape index (κ2) is 6.14. The summed E-state index contributed by atoms with van der Waals surface area (Å²) in [5, 5.41) is 15.5. The van der Waals surface area contributed by atoms with Gasteiger partial charge in [0, 0.05) is 16.1 Å². The van der Waals surface area contributed by atoms with E-state index in [0.717, 1.165) is 16.3 Å². The van der Waals surface area contributed by atoms with E-state index < -0.39 is 11.9 Å². The summed E-state index contributed by atoms with van der Waals surface area (Å²) in [7, 11) is 0. The highest BCUT2D eigenvalue weighted by Gasteiger charge is 2.26. The Morgan fingerprint density at radius 2 is 2.04 bits per heavy atom. The Balaban J connectivity index is 2.28. The molecule has 2 aromatic heterocycles. The number of aromatic nitrogens is 3. The Labute approximate surface area is 142 Å². The van der Waals surface area contributed by atoms with E-state index in [-0.39, 0.29) is 0 Å². The van der Waals surface area contributed by atoms with E-state index in [1.807, 2.05) is 19.1 Å². The van der Waals surface area contributed by atoms with E-state index in [0.29, 0.717) is 16.3 Å². The van der Waals surface area contributed by atoms with Crippen molar-refractivity contribution in [3.8, 4) is 16.3 Å². The molecule has 0 spiro atoms. The van der Waals surface area contributed by atoms with Crippen molar-refractivity contribution in [3.05, 3.63) is 52.3 Å². The Bertz CT molecular complexity index is 841. The molecule has 3 aromatic rings. The average molecular weight is 348 g/mol. The van der Waals surface area contributed by atoms with Gasteiger partial charge in [-0.3, -0.25) is 9.78 Å². The Morgan fingerprint density at radius 1 is 1.35 bits per heavy atom. The summed E-state index contributed by atoms with van der Waals surface area (Å²) in [6.45, 7) is 3.49. The number of thiazole rings is 1. The van der Waals surface area contributed by atoms with Crippen molar-refractivity contribution in [2.75, 3.05) is 0 Å². The molecule has 0 amide bonds. The van der Waals surface area contributed by atoms with Crippen LogP contribution in [0.15, 0.2) is 36.0 Å². The minimum atomic E-state index is -0.882. The SMILES string of the molecule is Cc1nn(-c2cncs2)c(-c2ccc(Cl)cc2)c1C(C)C(=O)O. The molecule has 0 saturated heterocycles. The molecule has 0 aliphatic heterocycles. The molecular weight excluding hydrogens is 334 g/mol.